The van der Waals surface area contributed by atoms with E-state index in [1.165, 1.54) is 18.3 Å². The van der Waals surface area contributed by atoms with Crippen LogP contribution in [0.2, 0.25) is 5.15 Å². The lowest BCUT2D eigenvalue weighted by molar-refractivity contribution is 0.0734. The number of benzene rings is 2. The van der Waals surface area contributed by atoms with Gasteiger partial charge in [0.2, 0.25) is 0 Å². The highest BCUT2D eigenvalue weighted by Gasteiger charge is 2.11. The van der Waals surface area contributed by atoms with E-state index in [1.807, 2.05) is 24.3 Å². The summed E-state index contributed by atoms with van der Waals surface area (Å²) in [4.78, 5) is 28.1. The standard InChI is InChI=1S/C21H14ClN3O3/c22-19-12-14(8-9-23-19)21(27)28-15-5-3-4-13(10-15)11-18-16-6-1-2-7-17(16)20(26)25-24-18/h1-10,12H,11H2,(H,25,26). The van der Waals surface area contributed by atoms with E-state index in [9.17, 15) is 9.59 Å². The zero-order valence-corrected chi connectivity index (χ0v) is 15.3. The maximum Gasteiger partial charge on any atom is 0.343 e. The van der Waals surface area contributed by atoms with Gasteiger partial charge in [0.25, 0.3) is 5.56 Å². The Morgan fingerprint density at radius 3 is 2.68 bits per heavy atom. The van der Waals surface area contributed by atoms with Gasteiger partial charge in [0.05, 0.1) is 16.6 Å². The minimum Gasteiger partial charge on any atom is -0.423 e. The molecule has 0 radical (unpaired) electrons. The van der Waals surface area contributed by atoms with E-state index in [0.717, 1.165) is 16.6 Å². The summed E-state index contributed by atoms with van der Waals surface area (Å²) < 4.78 is 5.44. The molecular formula is C21H14ClN3O3. The fraction of sp³-hybridized carbons (Fsp3) is 0.0476. The van der Waals surface area contributed by atoms with Crippen LogP contribution in [0.5, 0.6) is 5.75 Å². The van der Waals surface area contributed by atoms with E-state index in [2.05, 4.69) is 15.2 Å². The van der Waals surface area contributed by atoms with Crippen LogP contribution in [0.4, 0.5) is 0 Å². The van der Waals surface area contributed by atoms with Gasteiger partial charge in [-0.25, -0.2) is 14.9 Å². The smallest absolute Gasteiger partial charge is 0.343 e. The topological polar surface area (TPSA) is 84.9 Å². The number of hydrogen-bond donors (Lipinski definition) is 1. The molecule has 0 aliphatic carbocycles. The van der Waals surface area contributed by atoms with Crippen molar-refractivity contribution in [2.75, 3.05) is 0 Å². The molecule has 0 fully saturated rings. The third-order valence-corrected chi connectivity index (χ3v) is 4.42. The first-order chi connectivity index (χ1) is 13.6. The van der Waals surface area contributed by atoms with Gasteiger partial charge in [-0.2, -0.15) is 5.10 Å². The third kappa shape index (κ3) is 3.77. The van der Waals surface area contributed by atoms with E-state index in [-0.39, 0.29) is 10.7 Å². The van der Waals surface area contributed by atoms with E-state index in [1.54, 1.807) is 24.3 Å². The molecule has 28 heavy (non-hydrogen) atoms. The number of pyridine rings is 1. The zero-order chi connectivity index (χ0) is 19.5. The number of carbonyl (C=O) groups is 1. The molecule has 0 aliphatic rings. The van der Waals surface area contributed by atoms with Crippen molar-refractivity contribution in [3.8, 4) is 5.75 Å². The number of aromatic amines is 1. The molecular weight excluding hydrogens is 378 g/mol. The molecule has 2 aromatic heterocycles. The normalized spacial score (nSPS) is 10.8. The molecule has 138 valence electrons. The van der Waals surface area contributed by atoms with Crippen LogP contribution in [0.1, 0.15) is 21.6 Å². The summed E-state index contributed by atoms with van der Waals surface area (Å²) in [5.74, 6) is -0.113. The number of aromatic nitrogens is 3. The quantitative estimate of drug-likeness (QED) is 0.325. The summed E-state index contributed by atoms with van der Waals surface area (Å²) in [5.41, 5.74) is 1.72. The van der Waals surface area contributed by atoms with Crippen molar-refractivity contribution in [1.82, 2.24) is 15.2 Å². The second-order valence-corrected chi connectivity index (χ2v) is 6.51. The molecule has 2 heterocycles. The van der Waals surface area contributed by atoms with Crippen LogP contribution in [0.15, 0.2) is 71.7 Å². The highest BCUT2D eigenvalue weighted by molar-refractivity contribution is 6.29. The molecule has 0 aliphatic heterocycles. The first-order valence-electron chi connectivity index (χ1n) is 8.49. The Balaban J connectivity index is 1.59. The van der Waals surface area contributed by atoms with Gasteiger partial charge in [0.15, 0.2) is 0 Å². The maximum atomic E-state index is 12.3. The van der Waals surface area contributed by atoms with Crippen molar-refractivity contribution in [3.63, 3.8) is 0 Å². The van der Waals surface area contributed by atoms with Gasteiger partial charge in [-0.15, -0.1) is 0 Å². The molecule has 0 unspecified atom stereocenters. The lowest BCUT2D eigenvalue weighted by Crippen LogP contribution is -2.11. The first kappa shape index (κ1) is 17.9. The Kier molecular flexibility index (Phi) is 4.87. The van der Waals surface area contributed by atoms with Crippen LogP contribution in [-0.2, 0) is 6.42 Å². The van der Waals surface area contributed by atoms with Crippen molar-refractivity contribution >= 4 is 28.3 Å². The predicted octanol–water partition coefficient (Wildman–Crippen LogP) is 3.78. The number of rotatable bonds is 4. The van der Waals surface area contributed by atoms with Crippen molar-refractivity contribution < 1.29 is 9.53 Å². The van der Waals surface area contributed by atoms with Crippen LogP contribution in [0, 0.1) is 0 Å². The van der Waals surface area contributed by atoms with Gasteiger partial charge in [0.1, 0.15) is 10.9 Å². The summed E-state index contributed by atoms with van der Waals surface area (Å²) in [7, 11) is 0. The Hall–Kier alpha value is -3.51. The Labute approximate surface area is 164 Å². The molecule has 7 heteroatoms. The van der Waals surface area contributed by atoms with Gasteiger partial charge in [-0.1, -0.05) is 41.9 Å². The fourth-order valence-electron chi connectivity index (χ4n) is 2.91. The summed E-state index contributed by atoms with van der Waals surface area (Å²) >= 11 is 5.82. The lowest BCUT2D eigenvalue weighted by atomic mass is 10.0. The predicted molar refractivity (Wildman–Crippen MR) is 106 cm³/mol. The molecule has 2 aromatic carbocycles. The fourth-order valence-corrected chi connectivity index (χ4v) is 3.09. The SMILES string of the molecule is O=C(Oc1cccc(Cc2n[nH]c(=O)c3ccccc23)c1)c1ccnc(Cl)c1. The molecule has 1 N–H and O–H groups in total. The lowest BCUT2D eigenvalue weighted by Gasteiger charge is -2.08. The van der Waals surface area contributed by atoms with Crippen LogP contribution < -0.4 is 10.3 Å². The third-order valence-electron chi connectivity index (χ3n) is 4.22. The number of carbonyl (C=O) groups excluding carboxylic acids is 1. The number of fused-ring (bicyclic) bond motifs is 1. The summed E-state index contributed by atoms with van der Waals surface area (Å²) in [6.45, 7) is 0. The second kappa shape index (κ2) is 7.62. The van der Waals surface area contributed by atoms with Gasteiger partial charge in [-0.3, -0.25) is 4.79 Å². The van der Waals surface area contributed by atoms with Crippen molar-refractivity contribution in [1.29, 1.82) is 0 Å². The average Bonchev–Trinajstić information content (AvgIpc) is 2.71. The number of esters is 1. The molecule has 0 bridgehead atoms. The maximum absolute atomic E-state index is 12.3. The highest BCUT2D eigenvalue weighted by atomic mass is 35.5. The molecule has 6 nitrogen and oxygen atoms in total. The first-order valence-corrected chi connectivity index (χ1v) is 8.87. The van der Waals surface area contributed by atoms with Gasteiger partial charge < -0.3 is 4.74 Å². The average molecular weight is 392 g/mol. The summed E-state index contributed by atoms with van der Waals surface area (Å²) in [5, 5.41) is 8.31. The molecule has 4 aromatic rings. The number of nitrogens with zero attached hydrogens (tertiary/aromatic N) is 2. The van der Waals surface area contributed by atoms with E-state index in [4.69, 9.17) is 16.3 Å². The largest absolute Gasteiger partial charge is 0.423 e. The Bertz CT molecular complexity index is 1240. The summed E-state index contributed by atoms with van der Waals surface area (Å²) in [6.07, 6.45) is 1.92. The van der Waals surface area contributed by atoms with E-state index >= 15 is 0 Å². The Morgan fingerprint density at radius 2 is 1.86 bits per heavy atom. The van der Waals surface area contributed by atoms with Gasteiger partial charge in [-0.05, 0) is 35.9 Å². The van der Waals surface area contributed by atoms with E-state index < -0.39 is 5.97 Å². The monoisotopic (exact) mass is 391 g/mol. The Morgan fingerprint density at radius 1 is 1.04 bits per heavy atom. The molecule has 4 rings (SSSR count). The number of ether oxygens (including phenoxy) is 1. The molecule has 0 saturated heterocycles. The molecule has 0 spiro atoms. The van der Waals surface area contributed by atoms with Gasteiger partial charge in [0, 0.05) is 18.0 Å². The van der Waals surface area contributed by atoms with Crippen molar-refractivity contribution in [2.24, 2.45) is 0 Å². The summed E-state index contributed by atoms with van der Waals surface area (Å²) in [6, 6.07) is 17.5. The molecule has 0 saturated carbocycles. The van der Waals surface area contributed by atoms with Crippen molar-refractivity contribution in [2.45, 2.75) is 6.42 Å². The number of halogens is 1. The van der Waals surface area contributed by atoms with E-state index in [0.29, 0.717) is 23.1 Å². The van der Waals surface area contributed by atoms with Crippen LogP contribution >= 0.6 is 11.6 Å². The molecule has 0 atom stereocenters. The van der Waals surface area contributed by atoms with Crippen LogP contribution in [-0.4, -0.2) is 21.2 Å². The highest BCUT2D eigenvalue weighted by Crippen LogP contribution is 2.20. The van der Waals surface area contributed by atoms with Crippen LogP contribution in [0.25, 0.3) is 10.8 Å². The molecule has 0 amide bonds. The number of H-pyrrole nitrogens is 1. The van der Waals surface area contributed by atoms with Crippen molar-refractivity contribution in [3.05, 3.63) is 99.2 Å². The zero-order valence-electron chi connectivity index (χ0n) is 14.6. The van der Waals surface area contributed by atoms with Gasteiger partial charge >= 0.3 is 5.97 Å². The van der Waals surface area contributed by atoms with Crippen LogP contribution in [0.3, 0.4) is 0 Å². The second-order valence-electron chi connectivity index (χ2n) is 6.13. The number of hydrogen-bond acceptors (Lipinski definition) is 5. The minimum atomic E-state index is -0.519. The number of nitrogens with one attached hydrogen (secondary N) is 1. The minimum absolute atomic E-state index is 0.222.